The quantitative estimate of drug-likeness (QED) is 0.591. The average molecular weight is 152 g/mol. The summed E-state index contributed by atoms with van der Waals surface area (Å²) < 4.78 is 0. The number of allylic oxidation sites excluding steroid dienone is 1. The molecule has 0 aromatic carbocycles. The van der Waals surface area contributed by atoms with Crippen molar-refractivity contribution in [3.8, 4) is 0 Å². The Kier molecular flexibility index (Phi) is 3.27. The van der Waals surface area contributed by atoms with E-state index in [1.54, 1.807) is 0 Å². The van der Waals surface area contributed by atoms with Crippen LogP contribution in [0, 0.1) is 5.92 Å². The van der Waals surface area contributed by atoms with Gasteiger partial charge in [0.25, 0.3) is 0 Å². The van der Waals surface area contributed by atoms with Gasteiger partial charge in [-0.05, 0) is 24.8 Å². The number of azo groups is 1. The Morgan fingerprint density at radius 2 is 2.36 bits per heavy atom. The van der Waals surface area contributed by atoms with E-state index in [-0.39, 0.29) is 0 Å². The molecule has 1 heterocycles. The molecule has 62 valence electrons. The second-order valence-electron chi connectivity index (χ2n) is 3.41. The van der Waals surface area contributed by atoms with Gasteiger partial charge in [-0.2, -0.15) is 10.2 Å². The minimum absolute atomic E-state index is 0.803. The first-order valence-corrected chi connectivity index (χ1v) is 4.35. The minimum Gasteiger partial charge on any atom is -0.185 e. The zero-order valence-corrected chi connectivity index (χ0v) is 7.38. The third-order valence-corrected chi connectivity index (χ3v) is 1.82. The molecule has 0 N–H and O–H groups in total. The van der Waals surface area contributed by atoms with Crippen molar-refractivity contribution < 1.29 is 0 Å². The van der Waals surface area contributed by atoms with E-state index in [4.69, 9.17) is 0 Å². The maximum Gasteiger partial charge on any atom is 0.0805 e. The Hall–Kier alpha value is -0.660. The SMILES string of the molecule is CC(C)CCCC1=CCN=N1. The molecule has 0 unspecified atom stereocenters. The molecule has 0 radical (unpaired) electrons. The second kappa shape index (κ2) is 4.27. The number of hydrogen-bond donors (Lipinski definition) is 0. The van der Waals surface area contributed by atoms with Gasteiger partial charge in [0.15, 0.2) is 0 Å². The molecule has 0 aromatic rings. The summed E-state index contributed by atoms with van der Waals surface area (Å²) in [6.07, 6.45) is 5.78. The van der Waals surface area contributed by atoms with Crippen LogP contribution < -0.4 is 0 Å². The van der Waals surface area contributed by atoms with Crippen LogP contribution in [-0.4, -0.2) is 6.54 Å². The van der Waals surface area contributed by atoms with Gasteiger partial charge in [-0.25, -0.2) is 0 Å². The van der Waals surface area contributed by atoms with Crippen molar-refractivity contribution in [1.82, 2.24) is 0 Å². The standard InChI is InChI=1S/C9H16N2/c1-8(2)4-3-5-9-6-7-10-11-9/h6,8H,3-5,7H2,1-2H3. The molecular weight excluding hydrogens is 136 g/mol. The fourth-order valence-corrected chi connectivity index (χ4v) is 1.16. The lowest BCUT2D eigenvalue weighted by Crippen LogP contribution is -1.87. The van der Waals surface area contributed by atoms with Gasteiger partial charge in [0.2, 0.25) is 0 Å². The van der Waals surface area contributed by atoms with Crippen molar-refractivity contribution >= 4 is 0 Å². The van der Waals surface area contributed by atoms with E-state index in [9.17, 15) is 0 Å². The highest BCUT2D eigenvalue weighted by molar-refractivity contribution is 5.03. The Balaban J connectivity index is 2.08. The van der Waals surface area contributed by atoms with Crippen LogP contribution >= 0.6 is 0 Å². The summed E-state index contributed by atoms with van der Waals surface area (Å²) in [6.45, 7) is 5.31. The van der Waals surface area contributed by atoms with E-state index >= 15 is 0 Å². The lowest BCUT2D eigenvalue weighted by molar-refractivity contribution is 0.553. The summed E-state index contributed by atoms with van der Waals surface area (Å²) in [5, 5.41) is 7.91. The van der Waals surface area contributed by atoms with Gasteiger partial charge in [0, 0.05) is 0 Å². The second-order valence-corrected chi connectivity index (χ2v) is 3.41. The monoisotopic (exact) mass is 152 g/mol. The molecule has 1 aliphatic heterocycles. The predicted molar refractivity (Wildman–Crippen MR) is 46.5 cm³/mol. The topological polar surface area (TPSA) is 24.7 Å². The molecule has 2 nitrogen and oxygen atoms in total. The Morgan fingerprint density at radius 1 is 1.55 bits per heavy atom. The Labute approximate surface area is 68.4 Å². The molecule has 1 aliphatic rings. The van der Waals surface area contributed by atoms with Crippen LogP contribution in [0.3, 0.4) is 0 Å². The smallest absolute Gasteiger partial charge is 0.0805 e. The first-order chi connectivity index (χ1) is 5.29. The van der Waals surface area contributed by atoms with E-state index in [1.165, 1.54) is 18.5 Å². The van der Waals surface area contributed by atoms with Crippen LogP contribution in [-0.2, 0) is 0 Å². The molecular formula is C9H16N2. The summed E-state index contributed by atoms with van der Waals surface area (Å²) in [5.74, 6) is 0.814. The molecule has 0 saturated carbocycles. The normalized spacial score (nSPS) is 16.1. The molecule has 1 rings (SSSR count). The lowest BCUT2D eigenvalue weighted by Gasteiger charge is -2.01. The summed E-state index contributed by atoms with van der Waals surface area (Å²) in [7, 11) is 0. The van der Waals surface area contributed by atoms with Crippen molar-refractivity contribution in [2.45, 2.75) is 33.1 Å². The highest BCUT2D eigenvalue weighted by Gasteiger charge is 2.00. The van der Waals surface area contributed by atoms with Gasteiger partial charge < -0.3 is 0 Å². The highest BCUT2D eigenvalue weighted by atomic mass is 15.1. The van der Waals surface area contributed by atoms with Gasteiger partial charge in [0.05, 0.1) is 12.2 Å². The highest BCUT2D eigenvalue weighted by Crippen LogP contribution is 2.15. The van der Waals surface area contributed by atoms with Gasteiger partial charge in [0.1, 0.15) is 0 Å². The number of nitrogens with zero attached hydrogens (tertiary/aromatic N) is 2. The minimum atomic E-state index is 0.803. The van der Waals surface area contributed by atoms with E-state index < -0.39 is 0 Å². The fraction of sp³-hybridized carbons (Fsp3) is 0.778. The fourth-order valence-electron chi connectivity index (χ4n) is 1.16. The molecule has 0 spiro atoms. The molecule has 0 fully saturated rings. The zero-order chi connectivity index (χ0) is 8.10. The first-order valence-electron chi connectivity index (χ1n) is 4.35. The summed E-state index contributed by atoms with van der Waals surface area (Å²) in [6, 6.07) is 0. The lowest BCUT2D eigenvalue weighted by atomic mass is 10.1. The molecule has 0 atom stereocenters. The Bertz CT molecular complexity index is 168. The van der Waals surface area contributed by atoms with Crippen molar-refractivity contribution in [1.29, 1.82) is 0 Å². The third-order valence-electron chi connectivity index (χ3n) is 1.82. The van der Waals surface area contributed by atoms with Gasteiger partial charge in [-0.1, -0.05) is 20.3 Å². The van der Waals surface area contributed by atoms with Gasteiger partial charge in [-0.3, -0.25) is 0 Å². The van der Waals surface area contributed by atoms with E-state index in [0.717, 1.165) is 18.9 Å². The van der Waals surface area contributed by atoms with Crippen molar-refractivity contribution in [3.63, 3.8) is 0 Å². The molecule has 2 heteroatoms. The number of hydrogen-bond acceptors (Lipinski definition) is 2. The van der Waals surface area contributed by atoms with Crippen LogP contribution in [0.5, 0.6) is 0 Å². The summed E-state index contributed by atoms with van der Waals surface area (Å²) in [5.41, 5.74) is 1.19. The Morgan fingerprint density at radius 3 is 2.91 bits per heavy atom. The van der Waals surface area contributed by atoms with E-state index in [1.807, 2.05) is 0 Å². The zero-order valence-electron chi connectivity index (χ0n) is 7.38. The van der Waals surface area contributed by atoms with Crippen LogP contribution in [0.25, 0.3) is 0 Å². The largest absolute Gasteiger partial charge is 0.185 e. The van der Waals surface area contributed by atoms with Crippen molar-refractivity contribution in [2.75, 3.05) is 6.54 Å². The summed E-state index contributed by atoms with van der Waals surface area (Å²) >= 11 is 0. The summed E-state index contributed by atoms with van der Waals surface area (Å²) in [4.78, 5) is 0. The molecule has 0 saturated heterocycles. The van der Waals surface area contributed by atoms with E-state index in [0.29, 0.717) is 0 Å². The van der Waals surface area contributed by atoms with Crippen molar-refractivity contribution in [3.05, 3.63) is 11.8 Å². The number of rotatable bonds is 4. The first kappa shape index (κ1) is 8.44. The molecule has 0 aliphatic carbocycles. The maximum absolute atomic E-state index is 4.02. The van der Waals surface area contributed by atoms with Crippen LogP contribution in [0.15, 0.2) is 22.0 Å². The molecule has 0 bridgehead atoms. The molecule has 0 aromatic heterocycles. The van der Waals surface area contributed by atoms with Crippen LogP contribution in [0.2, 0.25) is 0 Å². The van der Waals surface area contributed by atoms with Gasteiger partial charge >= 0.3 is 0 Å². The van der Waals surface area contributed by atoms with E-state index in [2.05, 4.69) is 30.2 Å². The molecule has 0 amide bonds. The van der Waals surface area contributed by atoms with Crippen LogP contribution in [0.4, 0.5) is 0 Å². The maximum atomic E-state index is 4.02. The molecule has 11 heavy (non-hydrogen) atoms. The average Bonchev–Trinajstić information content (AvgIpc) is 2.39. The van der Waals surface area contributed by atoms with Crippen molar-refractivity contribution in [2.24, 2.45) is 16.1 Å². The van der Waals surface area contributed by atoms with Gasteiger partial charge in [-0.15, -0.1) is 0 Å². The van der Waals surface area contributed by atoms with Crippen LogP contribution in [0.1, 0.15) is 33.1 Å². The predicted octanol–water partition coefficient (Wildman–Crippen LogP) is 3.16. The third kappa shape index (κ3) is 3.30.